The smallest absolute Gasteiger partial charge is 0.433 e. The summed E-state index contributed by atoms with van der Waals surface area (Å²) in [5, 5.41) is 37.1. The second kappa shape index (κ2) is 10.3. The Balaban J connectivity index is 1.51. The van der Waals surface area contributed by atoms with Crippen LogP contribution in [0.3, 0.4) is 0 Å². The van der Waals surface area contributed by atoms with Gasteiger partial charge in [0.1, 0.15) is 22.1 Å². The third-order valence-corrected chi connectivity index (χ3v) is 7.80. The molecule has 1 saturated heterocycles. The molecule has 0 spiro atoms. The molecule has 0 radical (unpaired) electrons. The molecular formula is C17H17N9O6S3. The zero-order chi connectivity index (χ0) is 25.1. The molecule has 6 N–H and O–H groups in total. The van der Waals surface area contributed by atoms with Gasteiger partial charge in [0.25, 0.3) is 11.8 Å². The fraction of sp³-hybridized carbons (Fsp3) is 0.294. The normalized spacial score (nSPS) is 19.6. The molecule has 1 fully saturated rings. The van der Waals surface area contributed by atoms with Crippen molar-refractivity contribution in [1.82, 2.24) is 35.9 Å². The van der Waals surface area contributed by atoms with E-state index in [9.17, 15) is 24.3 Å². The molecule has 2 atom stereocenters. The van der Waals surface area contributed by atoms with E-state index in [1.54, 1.807) is 0 Å². The van der Waals surface area contributed by atoms with Crippen molar-refractivity contribution >= 4 is 64.4 Å². The maximum atomic E-state index is 12.9. The van der Waals surface area contributed by atoms with Gasteiger partial charge >= 0.3 is 12.1 Å². The Hall–Kier alpha value is -3.64. The highest BCUT2D eigenvalue weighted by atomic mass is 32.2. The van der Waals surface area contributed by atoms with Crippen molar-refractivity contribution < 1.29 is 29.1 Å². The summed E-state index contributed by atoms with van der Waals surface area (Å²) in [6.45, 7) is 0. The predicted molar refractivity (Wildman–Crippen MR) is 123 cm³/mol. The molecule has 184 valence electrons. The zero-order valence-corrected chi connectivity index (χ0v) is 20.2. The molecule has 2 aromatic heterocycles. The van der Waals surface area contributed by atoms with Crippen molar-refractivity contribution in [1.29, 1.82) is 5.41 Å². The highest BCUT2D eigenvalue weighted by molar-refractivity contribution is 8.01. The number of aromatic amines is 2. The van der Waals surface area contributed by atoms with Gasteiger partial charge in [0.05, 0.1) is 11.9 Å². The maximum Gasteiger partial charge on any atom is 0.433 e. The number of aliphatic carboxylic acids is 1. The minimum Gasteiger partial charge on any atom is -0.477 e. The van der Waals surface area contributed by atoms with E-state index in [0.29, 0.717) is 22.1 Å². The zero-order valence-electron chi connectivity index (χ0n) is 17.7. The topological polar surface area (TPSA) is 219 Å². The second-order valence-corrected chi connectivity index (χ2v) is 9.90. The molecule has 35 heavy (non-hydrogen) atoms. The first kappa shape index (κ1) is 24.5. The van der Waals surface area contributed by atoms with Gasteiger partial charge in [-0.1, -0.05) is 10.4 Å². The van der Waals surface area contributed by atoms with Crippen LogP contribution in [0.5, 0.6) is 0 Å². The Kier molecular flexibility index (Phi) is 7.22. The summed E-state index contributed by atoms with van der Waals surface area (Å²) in [5.74, 6) is -2.04. The lowest BCUT2D eigenvalue weighted by Gasteiger charge is -2.49. The van der Waals surface area contributed by atoms with Crippen LogP contribution in [0.15, 0.2) is 33.0 Å². The van der Waals surface area contributed by atoms with E-state index in [0.717, 1.165) is 16.2 Å². The highest BCUT2D eigenvalue weighted by Gasteiger charge is 2.54. The van der Waals surface area contributed by atoms with E-state index in [2.05, 4.69) is 41.0 Å². The minimum atomic E-state index is -1.25. The Morgan fingerprint density at radius 2 is 2.26 bits per heavy atom. The first-order valence-corrected chi connectivity index (χ1v) is 12.6. The number of aromatic nitrogens is 4. The summed E-state index contributed by atoms with van der Waals surface area (Å²) >= 11 is 3.60. The standard InChI is InChI=1S/C17H17N9O6S3/c1-19-17(31)32-24-9(7-5-35-16(18)21-7)12(27)22-10-13(28)26-11(15(29)30)6(4-34-14(10)26)3-33-8-2-20-25-23-8/h2,5,10,14H,3-4H2,1H3,(H2,18,21)(H,19,31)(H,22,27)(H,29,30)(H,20,23,25)/t10?,14-/m0/s1. The summed E-state index contributed by atoms with van der Waals surface area (Å²) < 4.78 is 0. The lowest BCUT2D eigenvalue weighted by molar-refractivity contribution is -0.150. The SMILES string of the molecule is CNC(=O)ON=C(C(=O)NC1C(=O)N2C(C(=O)O)=C(CSc3cnn[nH]3)CS[C@@H]12)c1csc(=N)[nH]1. The molecule has 0 saturated carbocycles. The summed E-state index contributed by atoms with van der Waals surface area (Å²) in [7, 11) is 1.31. The monoisotopic (exact) mass is 539 g/mol. The van der Waals surface area contributed by atoms with Gasteiger partial charge in [0.15, 0.2) is 10.5 Å². The number of nitrogens with one attached hydrogen (secondary N) is 5. The van der Waals surface area contributed by atoms with Crippen LogP contribution in [0.2, 0.25) is 0 Å². The van der Waals surface area contributed by atoms with E-state index >= 15 is 0 Å². The minimum absolute atomic E-state index is 0.0294. The number of H-pyrrole nitrogens is 2. The molecule has 18 heteroatoms. The molecule has 2 aliphatic heterocycles. The Morgan fingerprint density at radius 1 is 1.46 bits per heavy atom. The van der Waals surface area contributed by atoms with Crippen LogP contribution in [0, 0.1) is 5.41 Å². The average Bonchev–Trinajstić information content (AvgIpc) is 3.52. The van der Waals surface area contributed by atoms with Crippen LogP contribution in [0.25, 0.3) is 0 Å². The van der Waals surface area contributed by atoms with Crippen molar-refractivity contribution in [3.8, 4) is 0 Å². The average molecular weight is 540 g/mol. The molecular weight excluding hydrogens is 522 g/mol. The largest absolute Gasteiger partial charge is 0.477 e. The van der Waals surface area contributed by atoms with Gasteiger partial charge in [0.2, 0.25) is 0 Å². The number of carbonyl (C=O) groups is 4. The van der Waals surface area contributed by atoms with E-state index in [-0.39, 0.29) is 21.9 Å². The number of nitrogens with zero attached hydrogens (tertiary/aromatic N) is 4. The van der Waals surface area contributed by atoms with Crippen LogP contribution >= 0.6 is 34.9 Å². The lowest BCUT2D eigenvalue weighted by atomic mass is 10.0. The highest BCUT2D eigenvalue weighted by Crippen LogP contribution is 2.41. The molecule has 3 amide bonds. The van der Waals surface area contributed by atoms with Crippen molar-refractivity contribution in [2.45, 2.75) is 16.4 Å². The van der Waals surface area contributed by atoms with E-state index in [1.165, 1.54) is 42.1 Å². The van der Waals surface area contributed by atoms with Crippen molar-refractivity contribution in [2.75, 3.05) is 18.6 Å². The second-order valence-electron chi connectivity index (χ2n) is 6.90. The van der Waals surface area contributed by atoms with Gasteiger partial charge in [-0.2, -0.15) is 0 Å². The number of thiazole rings is 1. The number of amides is 3. The molecule has 0 aromatic carbocycles. The van der Waals surface area contributed by atoms with Crippen LogP contribution < -0.4 is 15.4 Å². The molecule has 15 nitrogen and oxygen atoms in total. The molecule has 4 heterocycles. The first-order valence-electron chi connectivity index (χ1n) is 9.69. The number of thioether (sulfide) groups is 2. The Morgan fingerprint density at radius 3 is 2.89 bits per heavy atom. The summed E-state index contributed by atoms with van der Waals surface area (Å²) in [6.07, 6.45) is 0.588. The molecule has 1 unspecified atom stereocenters. The van der Waals surface area contributed by atoms with Crippen molar-refractivity contribution in [3.05, 3.63) is 33.3 Å². The summed E-state index contributed by atoms with van der Waals surface area (Å²) in [4.78, 5) is 57.6. The molecule has 2 aliphatic rings. The van der Waals surface area contributed by atoms with E-state index in [1.807, 2.05) is 0 Å². The van der Waals surface area contributed by atoms with Crippen molar-refractivity contribution in [3.63, 3.8) is 0 Å². The number of hydrogen-bond donors (Lipinski definition) is 6. The molecule has 0 aliphatic carbocycles. The Labute approximate surface area is 208 Å². The number of carboxylic acids is 1. The fourth-order valence-electron chi connectivity index (χ4n) is 3.19. The first-order chi connectivity index (χ1) is 16.8. The van der Waals surface area contributed by atoms with Gasteiger partial charge in [-0.3, -0.25) is 29.8 Å². The summed E-state index contributed by atoms with van der Waals surface area (Å²) in [6, 6.07) is -1.02. The van der Waals surface area contributed by atoms with Gasteiger partial charge in [0, 0.05) is 23.9 Å². The van der Waals surface area contributed by atoms with Gasteiger partial charge < -0.3 is 20.7 Å². The Bertz CT molecular complexity index is 1280. The number of hydrogen-bond acceptors (Lipinski definition) is 12. The number of β-lactam (4-membered cyclic amide) rings is 1. The van der Waals surface area contributed by atoms with Crippen LogP contribution in [-0.2, 0) is 19.2 Å². The number of oxime groups is 1. The van der Waals surface area contributed by atoms with Gasteiger partial charge in [-0.05, 0) is 5.57 Å². The van der Waals surface area contributed by atoms with Crippen LogP contribution in [0.1, 0.15) is 5.69 Å². The number of carboxylic acid groups (broad SMARTS) is 1. The van der Waals surface area contributed by atoms with Crippen molar-refractivity contribution in [2.24, 2.45) is 5.16 Å². The predicted octanol–water partition coefficient (Wildman–Crippen LogP) is -0.735. The third kappa shape index (κ3) is 5.08. The fourth-order valence-corrected chi connectivity index (χ4v) is 6.03. The summed E-state index contributed by atoms with van der Waals surface area (Å²) in [5.41, 5.74) is 0.189. The van der Waals surface area contributed by atoms with Crippen LogP contribution in [-0.4, -0.2) is 90.0 Å². The van der Waals surface area contributed by atoms with Gasteiger partial charge in [-0.15, -0.1) is 40.0 Å². The number of carbonyl (C=O) groups excluding carboxylic acids is 3. The molecule has 0 bridgehead atoms. The van der Waals surface area contributed by atoms with Gasteiger partial charge in [-0.25, -0.2) is 9.59 Å². The third-order valence-electron chi connectivity index (χ3n) is 4.77. The van der Waals surface area contributed by atoms with E-state index < -0.39 is 35.3 Å². The number of fused-ring (bicyclic) bond motifs is 1. The molecule has 4 rings (SSSR count). The quantitative estimate of drug-likeness (QED) is 0.0811. The lowest BCUT2D eigenvalue weighted by Crippen LogP contribution is -2.71. The van der Waals surface area contributed by atoms with E-state index in [4.69, 9.17) is 5.41 Å². The molecule has 2 aromatic rings. The maximum absolute atomic E-state index is 12.9. The van der Waals surface area contributed by atoms with Crippen LogP contribution in [0.4, 0.5) is 4.79 Å². The number of rotatable bonds is 8.